The van der Waals surface area contributed by atoms with Crippen molar-refractivity contribution in [1.82, 2.24) is 4.57 Å². The summed E-state index contributed by atoms with van der Waals surface area (Å²) in [5.74, 6) is -0.238. The van der Waals surface area contributed by atoms with E-state index in [2.05, 4.69) is 28.9 Å². The van der Waals surface area contributed by atoms with Gasteiger partial charge in [0, 0.05) is 21.1 Å². The van der Waals surface area contributed by atoms with E-state index in [1.807, 2.05) is 23.6 Å². The maximum absolute atomic E-state index is 11.4. The first-order valence-electron chi connectivity index (χ1n) is 5.36. The predicted octanol–water partition coefficient (Wildman–Crippen LogP) is 3.19. The second kappa shape index (κ2) is 4.53. The average molecular weight is 296 g/mol. The molecule has 1 aromatic carbocycles. The normalized spacial score (nSPS) is 10.8. The lowest BCUT2D eigenvalue weighted by atomic mass is 10.2. The van der Waals surface area contributed by atoms with Crippen molar-refractivity contribution >= 4 is 32.8 Å². The Morgan fingerprint density at radius 1 is 1.41 bits per heavy atom. The van der Waals surface area contributed by atoms with Crippen molar-refractivity contribution in [2.75, 3.05) is 7.11 Å². The molecule has 17 heavy (non-hydrogen) atoms. The van der Waals surface area contributed by atoms with Crippen molar-refractivity contribution in [3.63, 3.8) is 0 Å². The van der Waals surface area contributed by atoms with Crippen molar-refractivity contribution < 1.29 is 9.53 Å². The number of rotatable bonds is 2. The molecule has 90 valence electrons. The summed E-state index contributed by atoms with van der Waals surface area (Å²) in [7, 11) is 1.41. The number of esters is 1. The minimum absolute atomic E-state index is 0.238. The Morgan fingerprint density at radius 3 is 2.76 bits per heavy atom. The van der Waals surface area contributed by atoms with E-state index in [4.69, 9.17) is 4.74 Å². The first-order chi connectivity index (χ1) is 8.04. The van der Waals surface area contributed by atoms with Crippen molar-refractivity contribution in [3.8, 4) is 0 Å². The highest BCUT2D eigenvalue weighted by Crippen LogP contribution is 2.31. The highest BCUT2D eigenvalue weighted by molar-refractivity contribution is 9.10. The number of aromatic nitrogens is 1. The fraction of sp³-hybridized carbons (Fsp3) is 0.308. The third-order valence-corrected chi connectivity index (χ3v) is 3.92. The minimum atomic E-state index is -0.238. The summed E-state index contributed by atoms with van der Waals surface area (Å²) in [5.41, 5.74) is 3.29. The lowest BCUT2D eigenvalue weighted by molar-refractivity contribution is -0.141. The molecule has 0 fully saturated rings. The van der Waals surface area contributed by atoms with Gasteiger partial charge in [-0.3, -0.25) is 4.79 Å². The zero-order chi connectivity index (χ0) is 12.6. The number of aryl methyl sites for hydroxylation is 1. The SMILES string of the molecule is COC(=O)Cn1c(C)c(Br)c2cc(C)ccc21. The van der Waals surface area contributed by atoms with E-state index >= 15 is 0 Å². The van der Waals surface area contributed by atoms with Gasteiger partial charge in [0.1, 0.15) is 6.54 Å². The number of ether oxygens (including phenoxy) is 1. The highest BCUT2D eigenvalue weighted by atomic mass is 79.9. The summed E-state index contributed by atoms with van der Waals surface area (Å²) >= 11 is 3.57. The molecule has 0 saturated heterocycles. The molecule has 0 amide bonds. The Bertz CT molecular complexity index is 587. The second-order valence-electron chi connectivity index (χ2n) is 4.08. The van der Waals surface area contributed by atoms with E-state index in [0.29, 0.717) is 0 Å². The monoisotopic (exact) mass is 295 g/mol. The second-order valence-corrected chi connectivity index (χ2v) is 4.88. The van der Waals surface area contributed by atoms with Gasteiger partial charge in [0.05, 0.1) is 7.11 Å². The number of benzene rings is 1. The minimum Gasteiger partial charge on any atom is -0.468 e. The Balaban J connectivity index is 2.62. The van der Waals surface area contributed by atoms with Gasteiger partial charge >= 0.3 is 5.97 Å². The number of methoxy groups -OCH3 is 1. The van der Waals surface area contributed by atoms with Gasteiger partial charge in [-0.2, -0.15) is 0 Å². The van der Waals surface area contributed by atoms with Crippen molar-refractivity contribution in [1.29, 1.82) is 0 Å². The van der Waals surface area contributed by atoms with Gasteiger partial charge in [-0.05, 0) is 41.9 Å². The summed E-state index contributed by atoms with van der Waals surface area (Å²) < 4.78 is 7.72. The number of carbonyl (C=O) groups excluding carboxylic acids is 1. The summed E-state index contributed by atoms with van der Waals surface area (Å²) in [5, 5.41) is 1.13. The molecular formula is C13H14BrNO2. The van der Waals surface area contributed by atoms with Gasteiger partial charge in [0.15, 0.2) is 0 Å². The Kier molecular flexibility index (Phi) is 3.24. The Labute approximate surface area is 108 Å². The van der Waals surface area contributed by atoms with E-state index in [9.17, 15) is 4.79 Å². The van der Waals surface area contributed by atoms with Crippen LogP contribution in [0, 0.1) is 13.8 Å². The maximum Gasteiger partial charge on any atom is 0.325 e. The Morgan fingerprint density at radius 2 is 2.12 bits per heavy atom. The molecule has 0 unspecified atom stereocenters. The van der Waals surface area contributed by atoms with Crippen LogP contribution in [-0.2, 0) is 16.1 Å². The number of hydrogen-bond acceptors (Lipinski definition) is 2. The lowest BCUT2D eigenvalue weighted by Crippen LogP contribution is -2.12. The van der Waals surface area contributed by atoms with Gasteiger partial charge in [0.2, 0.25) is 0 Å². The van der Waals surface area contributed by atoms with Crippen LogP contribution in [0.25, 0.3) is 10.9 Å². The molecule has 0 aliphatic heterocycles. The summed E-state index contributed by atoms with van der Waals surface area (Å²) in [6.45, 7) is 4.29. The van der Waals surface area contributed by atoms with Crippen LogP contribution >= 0.6 is 15.9 Å². The molecule has 4 heteroatoms. The van der Waals surface area contributed by atoms with Crippen LogP contribution in [0.15, 0.2) is 22.7 Å². The largest absolute Gasteiger partial charge is 0.468 e. The summed E-state index contributed by atoms with van der Waals surface area (Å²) in [6, 6.07) is 6.19. The summed E-state index contributed by atoms with van der Waals surface area (Å²) in [4.78, 5) is 11.4. The van der Waals surface area contributed by atoms with Crippen LogP contribution in [0.2, 0.25) is 0 Å². The fourth-order valence-corrected chi connectivity index (χ4v) is 2.48. The van der Waals surface area contributed by atoms with Crippen LogP contribution < -0.4 is 0 Å². The number of nitrogens with zero attached hydrogens (tertiary/aromatic N) is 1. The van der Waals surface area contributed by atoms with E-state index in [1.165, 1.54) is 12.7 Å². The van der Waals surface area contributed by atoms with E-state index in [1.54, 1.807) is 0 Å². The third kappa shape index (κ3) is 2.09. The molecule has 3 nitrogen and oxygen atoms in total. The van der Waals surface area contributed by atoms with Crippen LogP contribution in [0.1, 0.15) is 11.3 Å². The smallest absolute Gasteiger partial charge is 0.325 e. The molecule has 0 radical (unpaired) electrons. The first-order valence-corrected chi connectivity index (χ1v) is 6.15. The van der Waals surface area contributed by atoms with Crippen LogP contribution in [-0.4, -0.2) is 17.6 Å². The topological polar surface area (TPSA) is 31.2 Å². The van der Waals surface area contributed by atoms with Gasteiger partial charge in [0.25, 0.3) is 0 Å². The van der Waals surface area contributed by atoms with Gasteiger partial charge < -0.3 is 9.30 Å². The van der Waals surface area contributed by atoms with Gasteiger partial charge in [-0.1, -0.05) is 11.6 Å². The standard InChI is InChI=1S/C13H14BrNO2/c1-8-4-5-11-10(6-8)13(14)9(2)15(11)7-12(16)17-3/h4-6H,7H2,1-3H3. The Hall–Kier alpha value is -1.29. The van der Waals surface area contributed by atoms with Gasteiger partial charge in [-0.25, -0.2) is 0 Å². The van der Waals surface area contributed by atoms with E-state index < -0.39 is 0 Å². The third-order valence-electron chi connectivity index (χ3n) is 2.92. The molecule has 0 aliphatic rings. The first kappa shape index (κ1) is 12.2. The number of halogens is 1. The molecule has 0 atom stereocenters. The molecular weight excluding hydrogens is 282 g/mol. The van der Waals surface area contributed by atoms with E-state index in [-0.39, 0.29) is 12.5 Å². The molecule has 1 heterocycles. The average Bonchev–Trinajstić information content (AvgIpc) is 2.54. The molecule has 0 aliphatic carbocycles. The fourth-order valence-electron chi connectivity index (χ4n) is 1.95. The molecule has 2 aromatic rings. The zero-order valence-electron chi connectivity index (χ0n) is 10.1. The van der Waals surface area contributed by atoms with E-state index in [0.717, 1.165) is 21.1 Å². The highest BCUT2D eigenvalue weighted by Gasteiger charge is 2.14. The van der Waals surface area contributed by atoms with Crippen LogP contribution in [0.5, 0.6) is 0 Å². The molecule has 1 aromatic heterocycles. The number of hydrogen-bond donors (Lipinski definition) is 0. The van der Waals surface area contributed by atoms with Crippen molar-refractivity contribution in [3.05, 3.63) is 33.9 Å². The molecule has 0 N–H and O–H groups in total. The van der Waals surface area contributed by atoms with Crippen molar-refractivity contribution in [2.24, 2.45) is 0 Å². The number of carbonyl (C=O) groups is 1. The summed E-state index contributed by atoms with van der Waals surface area (Å²) in [6.07, 6.45) is 0. The van der Waals surface area contributed by atoms with Crippen LogP contribution in [0.3, 0.4) is 0 Å². The maximum atomic E-state index is 11.4. The molecule has 0 spiro atoms. The molecule has 0 saturated carbocycles. The van der Waals surface area contributed by atoms with Crippen LogP contribution in [0.4, 0.5) is 0 Å². The zero-order valence-corrected chi connectivity index (χ0v) is 11.7. The molecule has 0 bridgehead atoms. The lowest BCUT2D eigenvalue weighted by Gasteiger charge is -2.06. The predicted molar refractivity (Wildman–Crippen MR) is 71.1 cm³/mol. The molecule has 2 rings (SSSR count). The number of fused-ring (bicyclic) bond motifs is 1. The van der Waals surface area contributed by atoms with Crippen molar-refractivity contribution in [2.45, 2.75) is 20.4 Å². The quantitative estimate of drug-likeness (QED) is 0.797. The van der Waals surface area contributed by atoms with Gasteiger partial charge in [-0.15, -0.1) is 0 Å².